The Morgan fingerprint density at radius 1 is 1.31 bits per heavy atom. The molecule has 4 aliphatic rings. The van der Waals surface area contributed by atoms with Crippen LogP contribution >= 0.6 is 0 Å². The van der Waals surface area contributed by atoms with E-state index < -0.39 is 0 Å². The van der Waals surface area contributed by atoms with Crippen molar-refractivity contribution < 1.29 is 14.3 Å². The van der Waals surface area contributed by atoms with Gasteiger partial charge in [0.1, 0.15) is 6.10 Å². The quantitative estimate of drug-likeness (QED) is 0.462. The first-order valence-corrected chi connectivity index (χ1v) is 10.5. The molecule has 0 spiro atoms. The number of morpholine rings is 1. The molecule has 5 heteroatoms. The monoisotopic (exact) mass is 362 g/mol. The molecule has 0 aromatic heterocycles. The predicted molar refractivity (Wildman–Crippen MR) is 101 cm³/mol. The molecule has 5 nitrogen and oxygen atoms in total. The van der Waals surface area contributed by atoms with Crippen LogP contribution < -0.4 is 5.32 Å². The van der Waals surface area contributed by atoms with E-state index in [2.05, 4.69) is 24.1 Å². The molecule has 3 fully saturated rings. The van der Waals surface area contributed by atoms with Gasteiger partial charge >= 0.3 is 5.97 Å². The maximum absolute atomic E-state index is 12.5. The zero-order chi connectivity index (χ0) is 18.1. The number of carbonyl (C=O) groups excluding carboxylic acids is 1. The molecule has 0 bridgehead atoms. The van der Waals surface area contributed by atoms with Gasteiger partial charge < -0.3 is 14.8 Å². The highest BCUT2D eigenvalue weighted by Crippen LogP contribution is 2.54. The number of hydrogen-bond acceptors (Lipinski definition) is 5. The van der Waals surface area contributed by atoms with Crippen molar-refractivity contribution in [2.75, 3.05) is 45.9 Å². The number of rotatable bonds is 5. The zero-order valence-electron chi connectivity index (χ0n) is 16.4. The Bertz CT molecular complexity index is 570. The molecular weight excluding hydrogens is 328 g/mol. The van der Waals surface area contributed by atoms with E-state index >= 15 is 0 Å². The highest BCUT2D eigenvalue weighted by atomic mass is 16.6. The lowest BCUT2D eigenvalue weighted by atomic mass is 9.59. The largest absolute Gasteiger partial charge is 0.462 e. The Morgan fingerprint density at radius 2 is 2.12 bits per heavy atom. The van der Waals surface area contributed by atoms with E-state index in [9.17, 15) is 4.79 Å². The molecule has 4 unspecified atom stereocenters. The Balaban J connectivity index is 1.33. The summed E-state index contributed by atoms with van der Waals surface area (Å²) in [5.41, 5.74) is 3.49. The van der Waals surface area contributed by atoms with Gasteiger partial charge in [0.05, 0.1) is 19.1 Å². The number of nitrogens with zero attached hydrogens (tertiary/aromatic N) is 1. The summed E-state index contributed by atoms with van der Waals surface area (Å²) in [4.78, 5) is 14.9. The van der Waals surface area contributed by atoms with Gasteiger partial charge in [-0.15, -0.1) is 0 Å². The van der Waals surface area contributed by atoms with E-state index in [4.69, 9.17) is 9.47 Å². The van der Waals surface area contributed by atoms with Crippen molar-refractivity contribution in [3.8, 4) is 0 Å². The van der Waals surface area contributed by atoms with Crippen LogP contribution in [0.2, 0.25) is 0 Å². The van der Waals surface area contributed by atoms with Crippen molar-refractivity contribution in [3.63, 3.8) is 0 Å². The first-order chi connectivity index (χ1) is 12.6. The molecule has 26 heavy (non-hydrogen) atoms. The van der Waals surface area contributed by atoms with Crippen LogP contribution in [-0.4, -0.2) is 62.9 Å². The second kappa shape index (κ2) is 7.61. The normalized spacial score (nSPS) is 38.1. The van der Waals surface area contributed by atoms with Crippen LogP contribution in [0.15, 0.2) is 11.1 Å². The molecule has 1 N–H and O–H groups in total. The fourth-order valence-electron chi connectivity index (χ4n) is 5.67. The third-order valence-corrected chi connectivity index (χ3v) is 7.25. The Morgan fingerprint density at radius 3 is 2.92 bits per heavy atom. The fraction of sp³-hybridized carbons (Fsp3) is 0.857. The zero-order valence-corrected chi connectivity index (χ0v) is 16.4. The molecule has 2 aliphatic carbocycles. The van der Waals surface area contributed by atoms with E-state index in [-0.39, 0.29) is 23.4 Å². The van der Waals surface area contributed by atoms with Gasteiger partial charge in [-0.1, -0.05) is 18.1 Å². The highest BCUT2D eigenvalue weighted by Gasteiger charge is 2.52. The third-order valence-electron chi connectivity index (χ3n) is 7.25. The van der Waals surface area contributed by atoms with Crippen molar-refractivity contribution in [2.45, 2.75) is 52.1 Å². The summed E-state index contributed by atoms with van der Waals surface area (Å²) in [5.74, 6) is 0.422. The molecule has 0 radical (unpaired) electrons. The lowest BCUT2D eigenvalue weighted by Gasteiger charge is -2.45. The number of fused-ring (bicyclic) bond motifs is 2. The minimum absolute atomic E-state index is 0.0245. The van der Waals surface area contributed by atoms with Crippen LogP contribution in [0.5, 0.6) is 0 Å². The number of allylic oxidation sites excluding steroid dienone is 2. The van der Waals surface area contributed by atoms with E-state index in [1.165, 1.54) is 19.3 Å². The van der Waals surface area contributed by atoms with Gasteiger partial charge in [-0.25, -0.2) is 0 Å². The molecular formula is C21H34N2O3. The van der Waals surface area contributed by atoms with Crippen molar-refractivity contribution in [2.24, 2.45) is 17.3 Å². The second-order valence-electron chi connectivity index (χ2n) is 8.99. The summed E-state index contributed by atoms with van der Waals surface area (Å²) < 4.78 is 11.2. The molecule has 2 saturated heterocycles. The predicted octanol–water partition coefficient (Wildman–Crippen LogP) is 2.37. The van der Waals surface area contributed by atoms with Crippen molar-refractivity contribution in [3.05, 3.63) is 11.1 Å². The number of nitrogens with one attached hydrogen (secondary N) is 1. The van der Waals surface area contributed by atoms with Gasteiger partial charge in [0.25, 0.3) is 0 Å². The Kier molecular flexibility index (Phi) is 5.40. The maximum Gasteiger partial charge on any atom is 0.310 e. The van der Waals surface area contributed by atoms with Gasteiger partial charge in [0.2, 0.25) is 0 Å². The molecule has 1 saturated carbocycles. The molecule has 4 rings (SSSR count). The van der Waals surface area contributed by atoms with Crippen LogP contribution in [0.1, 0.15) is 46.0 Å². The Hall–Kier alpha value is -0.910. The summed E-state index contributed by atoms with van der Waals surface area (Å²) in [7, 11) is 0. The minimum Gasteiger partial charge on any atom is -0.462 e. The van der Waals surface area contributed by atoms with E-state index in [1.54, 1.807) is 11.1 Å². The van der Waals surface area contributed by atoms with Crippen LogP contribution in [0.3, 0.4) is 0 Å². The topological polar surface area (TPSA) is 50.8 Å². The van der Waals surface area contributed by atoms with Crippen LogP contribution in [-0.2, 0) is 14.3 Å². The van der Waals surface area contributed by atoms with Crippen molar-refractivity contribution in [1.82, 2.24) is 10.2 Å². The summed E-state index contributed by atoms with van der Waals surface area (Å²) in [6, 6.07) is 0. The lowest BCUT2D eigenvalue weighted by molar-refractivity contribution is -0.145. The summed E-state index contributed by atoms with van der Waals surface area (Å²) in [6.45, 7) is 11.1. The van der Waals surface area contributed by atoms with Gasteiger partial charge in [0, 0.05) is 38.6 Å². The molecule has 2 aliphatic heterocycles. The minimum atomic E-state index is 0.0245. The van der Waals surface area contributed by atoms with E-state index in [0.717, 1.165) is 58.8 Å². The molecule has 0 aromatic carbocycles. The average Bonchev–Trinajstić information content (AvgIpc) is 2.92. The van der Waals surface area contributed by atoms with Crippen LogP contribution in [0, 0.1) is 17.3 Å². The summed E-state index contributed by atoms with van der Waals surface area (Å²) in [6.07, 6.45) is 5.99. The molecule has 0 amide bonds. The average molecular weight is 363 g/mol. The van der Waals surface area contributed by atoms with Crippen molar-refractivity contribution in [1.29, 1.82) is 0 Å². The van der Waals surface area contributed by atoms with E-state index in [1.807, 2.05) is 0 Å². The van der Waals surface area contributed by atoms with Gasteiger partial charge in [-0.3, -0.25) is 9.69 Å². The first kappa shape index (κ1) is 18.5. The summed E-state index contributed by atoms with van der Waals surface area (Å²) in [5, 5.41) is 3.53. The first-order valence-electron chi connectivity index (χ1n) is 10.5. The number of esters is 1. The molecule has 146 valence electrons. The van der Waals surface area contributed by atoms with Crippen LogP contribution in [0.4, 0.5) is 0 Å². The van der Waals surface area contributed by atoms with Gasteiger partial charge in [0.15, 0.2) is 0 Å². The highest BCUT2D eigenvalue weighted by molar-refractivity contribution is 5.76. The second-order valence-corrected chi connectivity index (χ2v) is 8.99. The van der Waals surface area contributed by atoms with Gasteiger partial charge in [-0.2, -0.15) is 0 Å². The third kappa shape index (κ3) is 3.58. The van der Waals surface area contributed by atoms with Crippen LogP contribution in [0.25, 0.3) is 0 Å². The fourth-order valence-corrected chi connectivity index (χ4v) is 5.67. The standard InChI is InChI=1S/C21H34N2O3/c1-15-4-3-5-21(2)13-19-16(12-18(15)21)17(20(24)26-19)14-22-6-7-23-8-10-25-11-9-23/h16-17,19,22H,3-14H2,1-2H3. The lowest BCUT2D eigenvalue weighted by Crippen LogP contribution is -2.43. The molecule has 2 heterocycles. The van der Waals surface area contributed by atoms with E-state index in [0.29, 0.717) is 5.92 Å². The number of carbonyl (C=O) groups is 1. The Labute approximate surface area is 157 Å². The van der Waals surface area contributed by atoms with Gasteiger partial charge in [-0.05, 0) is 44.4 Å². The SMILES string of the molecule is CC1=C2CC3C(CC2(C)CCC1)OC(=O)C3CNCCN1CCOCC1. The summed E-state index contributed by atoms with van der Waals surface area (Å²) >= 11 is 0. The number of hydrogen-bond donors (Lipinski definition) is 1. The molecule has 4 atom stereocenters. The molecule has 0 aromatic rings. The smallest absolute Gasteiger partial charge is 0.310 e. The maximum atomic E-state index is 12.5. The van der Waals surface area contributed by atoms with Crippen molar-refractivity contribution >= 4 is 5.97 Å². The number of ether oxygens (including phenoxy) is 2.